The second kappa shape index (κ2) is 8.57. The Hall–Kier alpha value is -2.35. The molecule has 1 N–H and O–H groups in total. The van der Waals surface area contributed by atoms with Gasteiger partial charge in [-0.2, -0.15) is 0 Å². The van der Waals surface area contributed by atoms with E-state index in [2.05, 4.69) is 10.3 Å². The van der Waals surface area contributed by atoms with Gasteiger partial charge < -0.3 is 14.8 Å². The fourth-order valence-corrected chi connectivity index (χ4v) is 3.12. The number of urea groups is 1. The van der Waals surface area contributed by atoms with Crippen molar-refractivity contribution in [1.29, 1.82) is 0 Å². The van der Waals surface area contributed by atoms with E-state index in [1.165, 1.54) is 12.3 Å². The molecule has 0 unspecified atom stereocenters. The Morgan fingerprint density at radius 1 is 1.14 bits per heavy atom. The van der Waals surface area contributed by atoms with Crippen LogP contribution in [0.15, 0.2) is 36.5 Å². The lowest BCUT2D eigenvalue weighted by molar-refractivity contribution is -0.121. The summed E-state index contributed by atoms with van der Waals surface area (Å²) in [5, 5.41) is 3.62. The average Bonchev–Trinajstić information content (AvgIpc) is 2.93. The minimum atomic E-state index is -0.748. The van der Waals surface area contributed by atoms with Crippen LogP contribution in [0.5, 0.6) is 5.75 Å². The Morgan fingerprint density at radius 3 is 2.41 bits per heavy atom. The summed E-state index contributed by atoms with van der Waals surface area (Å²) < 4.78 is 11.3. The van der Waals surface area contributed by atoms with E-state index >= 15 is 0 Å². The fraction of sp³-hybridized carbons (Fsp3) is 0.350. The summed E-state index contributed by atoms with van der Waals surface area (Å²) in [6.45, 7) is 5.88. The molecule has 1 saturated heterocycles. The number of carbonyl (C=O) groups excluding carboxylic acids is 2. The quantitative estimate of drug-likeness (QED) is 0.684. The highest BCUT2D eigenvalue weighted by Crippen LogP contribution is 2.26. The van der Waals surface area contributed by atoms with Crippen molar-refractivity contribution in [2.75, 3.05) is 11.5 Å². The zero-order valence-electron chi connectivity index (χ0n) is 16.2. The van der Waals surface area contributed by atoms with Gasteiger partial charge in [0.25, 0.3) is 5.91 Å². The van der Waals surface area contributed by atoms with Crippen LogP contribution in [0, 0.1) is 0 Å². The van der Waals surface area contributed by atoms with Gasteiger partial charge >= 0.3 is 6.03 Å². The molecule has 3 rings (SSSR count). The highest BCUT2D eigenvalue weighted by atomic mass is 35.5. The van der Waals surface area contributed by atoms with Crippen molar-refractivity contribution in [3.05, 3.63) is 52.1 Å². The molecular weight excluding hydrogens is 417 g/mol. The molecule has 1 aromatic heterocycles. The van der Waals surface area contributed by atoms with Gasteiger partial charge in [-0.1, -0.05) is 29.3 Å². The molecule has 1 atom stereocenters. The molecule has 2 heterocycles. The lowest BCUT2D eigenvalue weighted by atomic mass is 10.2. The van der Waals surface area contributed by atoms with E-state index in [4.69, 9.17) is 32.7 Å². The number of carbonyl (C=O) groups is 2. The molecule has 1 fully saturated rings. The number of pyridine rings is 1. The van der Waals surface area contributed by atoms with Crippen LogP contribution in [0.3, 0.4) is 0 Å². The largest absolute Gasteiger partial charge is 0.487 e. The predicted molar refractivity (Wildman–Crippen MR) is 111 cm³/mol. The molecule has 154 valence electrons. The van der Waals surface area contributed by atoms with Crippen LogP contribution < -0.4 is 15.0 Å². The predicted octanol–water partition coefficient (Wildman–Crippen LogP) is 4.21. The van der Waals surface area contributed by atoms with Gasteiger partial charge in [0.15, 0.2) is 0 Å². The van der Waals surface area contributed by atoms with Gasteiger partial charge in [0.05, 0.1) is 18.4 Å². The van der Waals surface area contributed by atoms with Gasteiger partial charge in [0.1, 0.15) is 24.2 Å². The lowest BCUT2D eigenvalue weighted by Crippen LogP contribution is -2.37. The third-order valence-electron chi connectivity index (χ3n) is 4.10. The number of imide groups is 1. The SMILES string of the molecule is CC(C)(C)OC[C@H]1NC(=O)N(c2ccc(OCc3c(Cl)cccc3Cl)cn2)C1=O. The molecule has 9 heteroatoms. The molecular formula is C20H21Cl2N3O4. The van der Waals surface area contributed by atoms with E-state index in [0.29, 0.717) is 21.4 Å². The summed E-state index contributed by atoms with van der Waals surface area (Å²) >= 11 is 12.3. The summed E-state index contributed by atoms with van der Waals surface area (Å²) in [5.74, 6) is 0.238. The van der Waals surface area contributed by atoms with E-state index < -0.39 is 23.6 Å². The molecule has 29 heavy (non-hydrogen) atoms. The summed E-state index contributed by atoms with van der Waals surface area (Å²) in [7, 11) is 0. The maximum Gasteiger partial charge on any atom is 0.330 e. The summed E-state index contributed by atoms with van der Waals surface area (Å²) in [6, 6.07) is 7.07. The van der Waals surface area contributed by atoms with Crippen molar-refractivity contribution < 1.29 is 19.1 Å². The highest BCUT2D eigenvalue weighted by Gasteiger charge is 2.40. The number of halogens is 2. The van der Waals surface area contributed by atoms with Gasteiger partial charge in [-0.15, -0.1) is 0 Å². The number of benzene rings is 1. The summed E-state index contributed by atoms with van der Waals surface area (Å²) in [6.07, 6.45) is 1.43. The van der Waals surface area contributed by atoms with Crippen LogP contribution in [0.4, 0.5) is 10.6 Å². The standard InChI is InChI=1S/C20H21Cl2N3O4/c1-20(2,3)29-11-16-18(26)25(19(27)24-16)17-8-7-12(9-23-17)28-10-13-14(21)5-4-6-15(13)22/h4-9,16H,10-11H2,1-3H3,(H,24,27)/t16-/m1/s1. The first-order valence-electron chi connectivity index (χ1n) is 8.96. The molecule has 0 saturated carbocycles. The van der Waals surface area contributed by atoms with Gasteiger partial charge in [-0.05, 0) is 45.0 Å². The Balaban J connectivity index is 1.65. The molecule has 1 aromatic carbocycles. The number of hydrogen-bond acceptors (Lipinski definition) is 5. The summed E-state index contributed by atoms with van der Waals surface area (Å²) in [4.78, 5) is 30.0. The minimum absolute atomic E-state index is 0.0877. The summed E-state index contributed by atoms with van der Waals surface area (Å²) in [5.41, 5.74) is 0.246. The normalized spacial score (nSPS) is 16.9. The van der Waals surface area contributed by atoms with Crippen LogP contribution in [-0.2, 0) is 16.1 Å². The zero-order chi connectivity index (χ0) is 21.2. The molecule has 0 radical (unpaired) electrons. The lowest BCUT2D eigenvalue weighted by Gasteiger charge is -2.21. The Kier molecular flexibility index (Phi) is 6.31. The Morgan fingerprint density at radius 2 is 1.83 bits per heavy atom. The first kappa shape index (κ1) is 21.4. The Bertz CT molecular complexity index is 893. The van der Waals surface area contributed by atoms with Crippen molar-refractivity contribution in [1.82, 2.24) is 10.3 Å². The van der Waals surface area contributed by atoms with E-state index in [-0.39, 0.29) is 19.0 Å². The van der Waals surface area contributed by atoms with E-state index in [1.54, 1.807) is 24.3 Å². The minimum Gasteiger partial charge on any atom is -0.487 e. The van der Waals surface area contributed by atoms with Gasteiger partial charge in [-0.3, -0.25) is 4.79 Å². The second-order valence-corrected chi connectivity index (χ2v) is 8.25. The monoisotopic (exact) mass is 437 g/mol. The molecule has 2 aromatic rings. The molecule has 3 amide bonds. The highest BCUT2D eigenvalue weighted by molar-refractivity contribution is 6.35. The van der Waals surface area contributed by atoms with Crippen LogP contribution in [0.1, 0.15) is 26.3 Å². The maximum atomic E-state index is 12.6. The number of hydrogen-bond donors (Lipinski definition) is 1. The van der Waals surface area contributed by atoms with Crippen molar-refractivity contribution >= 4 is 41.0 Å². The molecule has 0 aliphatic carbocycles. The topological polar surface area (TPSA) is 80.8 Å². The fourth-order valence-electron chi connectivity index (χ4n) is 2.61. The number of amides is 3. The molecule has 1 aliphatic rings. The van der Waals surface area contributed by atoms with Crippen LogP contribution >= 0.6 is 23.2 Å². The third-order valence-corrected chi connectivity index (χ3v) is 4.81. The molecule has 0 bridgehead atoms. The van der Waals surface area contributed by atoms with E-state index in [9.17, 15) is 9.59 Å². The number of nitrogens with zero attached hydrogens (tertiary/aromatic N) is 2. The number of anilines is 1. The van der Waals surface area contributed by atoms with Crippen LogP contribution in [0.25, 0.3) is 0 Å². The van der Waals surface area contributed by atoms with Gasteiger partial charge in [0.2, 0.25) is 0 Å². The average molecular weight is 438 g/mol. The van der Waals surface area contributed by atoms with Gasteiger partial charge in [-0.25, -0.2) is 14.7 Å². The maximum absolute atomic E-state index is 12.6. The third kappa shape index (κ3) is 5.18. The van der Waals surface area contributed by atoms with Crippen LogP contribution in [-0.4, -0.2) is 35.2 Å². The van der Waals surface area contributed by atoms with Crippen molar-refractivity contribution in [2.24, 2.45) is 0 Å². The van der Waals surface area contributed by atoms with Crippen molar-refractivity contribution in [3.8, 4) is 5.75 Å². The van der Waals surface area contributed by atoms with Crippen molar-refractivity contribution in [2.45, 2.75) is 39.0 Å². The zero-order valence-corrected chi connectivity index (χ0v) is 17.8. The molecule has 1 aliphatic heterocycles. The molecule has 0 spiro atoms. The number of ether oxygens (including phenoxy) is 2. The first-order chi connectivity index (χ1) is 13.7. The van der Waals surface area contributed by atoms with E-state index in [1.807, 2.05) is 20.8 Å². The Labute approximate surface area is 178 Å². The second-order valence-electron chi connectivity index (χ2n) is 7.44. The first-order valence-corrected chi connectivity index (χ1v) is 9.71. The van der Waals surface area contributed by atoms with Crippen LogP contribution in [0.2, 0.25) is 10.0 Å². The van der Waals surface area contributed by atoms with E-state index in [0.717, 1.165) is 4.90 Å². The number of rotatable bonds is 6. The van der Waals surface area contributed by atoms with Gasteiger partial charge in [0, 0.05) is 15.6 Å². The number of nitrogens with one attached hydrogen (secondary N) is 1. The number of aromatic nitrogens is 1. The van der Waals surface area contributed by atoms with Crippen molar-refractivity contribution in [3.63, 3.8) is 0 Å². The molecule has 7 nitrogen and oxygen atoms in total. The smallest absolute Gasteiger partial charge is 0.330 e.